The zero-order valence-electron chi connectivity index (χ0n) is 15.3. The predicted molar refractivity (Wildman–Crippen MR) is 94.3 cm³/mol. The zero-order valence-corrected chi connectivity index (χ0v) is 15.3. The number of esters is 2. The van der Waals surface area contributed by atoms with Gasteiger partial charge in [0.2, 0.25) is 11.7 Å². The summed E-state index contributed by atoms with van der Waals surface area (Å²) in [5.41, 5.74) is 1.45. The summed E-state index contributed by atoms with van der Waals surface area (Å²) < 4.78 is 15.2. The zero-order chi connectivity index (χ0) is 20.3. The van der Waals surface area contributed by atoms with Gasteiger partial charge in [0.25, 0.3) is 0 Å². The van der Waals surface area contributed by atoms with Crippen molar-refractivity contribution in [3.63, 3.8) is 0 Å². The van der Waals surface area contributed by atoms with E-state index in [1.165, 1.54) is 7.11 Å². The van der Waals surface area contributed by atoms with E-state index in [9.17, 15) is 19.2 Å². The SMILES string of the molecule is COC(=O)c1oc(COC(=O)c2cccc(CN3C(=O)CNC3=O)c2)cc1C. The molecule has 9 nitrogen and oxygen atoms in total. The molecule has 0 aliphatic carbocycles. The van der Waals surface area contributed by atoms with Crippen LogP contribution in [0.5, 0.6) is 0 Å². The van der Waals surface area contributed by atoms with Crippen LogP contribution in [-0.2, 0) is 27.4 Å². The standard InChI is InChI=1S/C19H18N2O7/c1-11-6-14(28-16(11)18(24)26-2)10-27-17(23)13-5-3-4-12(7-13)9-21-15(22)8-20-19(21)25/h3-7H,8-10H2,1-2H3,(H,20,25). The van der Waals surface area contributed by atoms with E-state index in [0.29, 0.717) is 16.9 Å². The van der Waals surface area contributed by atoms with Crippen LogP contribution in [0.2, 0.25) is 0 Å². The molecule has 1 N–H and O–H groups in total. The number of ether oxygens (including phenoxy) is 2. The van der Waals surface area contributed by atoms with Crippen molar-refractivity contribution in [3.8, 4) is 0 Å². The number of urea groups is 1. The summed E-state index contributed by atoms with van der Waals surface area (Å²) >= 11 is 0. The third-order valence-corrected chi connectivity index (χ3v) is 4.13. The minimum atomic E-state index is -0.608. The maximum absolute atomic E-state index is 12.3. The molecule has 1 aromatic carbocycles. The maximum Gasteiger partial charge on any atom is 0.374 e. The van der Waals surface area contributed by atoms with Gasteiger partial charge in [-0.2, -0.15) is 0 Å². The van der Waals surface area contributed by atoms with Crippen molar-refractivity contribution >= 4 is 23.9 Å². The smallest absolute Gasteiger partial charge is 0.374 e. The fourth-order valence-corrected chi connectivity index (χ4v) is 2.73. The van der Waals surface area contributed by atoms with Gasteiger partial charge in [-0.25, -0.2) is 14.4 Å². The number of amides is 3. The molecule has 9 heteroatoms. The molecule has 0 unspecified atom stereocenters. The van der Waals surface area contributed by atoms with Gasteiger partial charge in [0.15, 0.2) is 0 Å². The number of rotatable bonds is 6. The van der Waals surface area contributed by atoms with E-state index in [2.05, 4.69) is 10.1 Å². The summed E-state index contributed by atoms with van der Waals surface area (Å²) in [7, 11) is 1.25. The Kier molecular flexibility index (Phi) is 5.44. The van der Waals surface area contributed by atoms with Crippen LogP contribution in [0.25, 0.3) is 0 Å². The number of furan rings is 1. The van der Waals surface area contributed by atoms with Gasteiger partial charge >= 0.3 is 18.0 Å². The number of carbonyl (C=O) groups is 4. The van der Waals surface area contributed by atoms with Crippen molar-refractivity contribution in [1.82, 2.24) is 10.2 Å². The van der Waals surface area contributed by atoms with E-state index in [1.54, 1.807) is 37.3 Å². The van der Waals surface area contributed by atoms with Crippen LogP contribution in [0, 0.1) is 6.92 Å². The van der Waals surface area contributed by atoms with Crippen molar-refractivity contribution in [2.45, 2.75) is 20.1 Å². The highest BCUT2D eigenvalue weighted by atomic mass is 16.6. The van der Waals surface area contributed by atoms with Gasteiger partial charge in [0.05, 0.1) is 25.8 Å². The Morgan fingerprint density at radius 3 is 2.68 bits per heavy atom. The number of benzene rings is 1. The Balaban J connectivity index is 1.64. The highest BCUT2D eigenvalue weighted by molar-refractivity contribution is 6.01. The lowest BCUT2D eigenvalue weighted by Crippen LogP contribution is -2.30. The van der Waals surface area contributed by atoms with Gasteiger partial charge in [-0.1, -0.05) is 12.1 Å². The molecule has 0 bridgehead atoms. The third-order valence-electron chi connectivity index (χ3n) is 4.13. The second kappa shape index (κ2) is 7.95. The quantitative estimate of drug-likeness (QED) is 0.594. The molecule has 1 aromatic heterocycles. The summed E-state index contributed by atoms with van der Waals surface area (Å²) in [6.07, 6.45) is 0. The lowest BCUT2D eigenvalue weighted by Gasteiger charge is -2.13. The summed E-state index contributed by atoms with van der Waals surface area (Å²) in [5, 5.41) is 2.44. The molecule has 1 saturated heterocycles. The van der Waals surface area contributed by atoms with Gasteiger partial charge in [0, 0.05) is 5.56 Å². The van der Waals surface area contributed by atoms with Gasteiger partial charge in [-0.3, -0.25) is 9.69 Å². The highest BCUT2D eigenvalue weighted by Gasteiger charge is 2.28. The lowest BCUT2D eigenvalue weighted by molar-refractivity contribution is -0.125. The molecule has 1 aliphatic heterocycles. The Bertz CT molecular complexity index is 932. The molecule has 0 saturated carbocycles. The second-order valence-electron chi connectivity index (χ2n) is 6.13. The monoisotopic (exact) mass is 386 g/mol. The number of nitrogens with zero attached hydrogens (tertiary/aromatic N) is 1. The first-order valence-electron chi connectivity index (χ1n) is 8.41. The number of carbonyl (C=O) groups excluding carboxylic acids is 4. The van der Waals surface area contributed by atoms with E-state index in [0.717, 1.165) is 4.90 Å². The molecule has 0 radical (unpaired) electrons. The molecule has 3 amide bonds. The second-order valence-corrected chi connectivity index (χ2v) is 6.13. The topological polar surface area (TPSA) is 115 Å². The number of imide groups is 1. The lowest BCUT2D eigenvalue weighted by atomic mass is 10.1. The molecule has 2 aromatic rings. The molecule has 2 heterocycles. The van der Waals surface area contributed by atoms with Crippen LogP contribution in [-0.4, -0.2) is 42.4 Å². The van der Waals surface area contributed by atoms with Crippen LogP contribution in [0.1, 0.15) is 37.8 Å². The fraction of sp³-hybridized carbons (Fsp3) is 0.263. The van der Waals surface area contributed by atoms with Crippen LogP contribution < -0.4 is 5.32 Å². The van der Waals surface area contributed by atoms with Gasteiger partial charge in [0.1, 0.15) is 12.4 Å². The van der Waals surface area contributed by atoms with Crippen LogP contribution in [0.15, 0.2) is 34.7 Å². The number of nitrogens with one attached hydrogen (secondary N) is 1. The van der Waals surface area contributed by atoms with E-state index < -0.39 is 18.0 Å². The van der Waals surface area contributed by atoms with Crippen LogP contribution >= 0.6 is 0 Å². The Morgan fingerprint density at radius 1 is 1.21 bits per heavy atom. The molecule has 1 fully saturated rings. The van der Waals surface area contributed by atoms with Crippen LogP contribution in [0.3, 0.4) is 0 Å². The third kappa shape index (κ3) is 4.03. The molecule has 146 valence electrons. The summed E-state index contributed by atoms with van der Waals surface area (Å²) in [4.78, 5) is 48.2. The number of hydrogen-bond donors (Lipinski definition) is 1. The van der Waals surface area contributed by atoms with Gasteiger partial charge in [-0.15, -0.1) is 0 Å². The molecule has 0 spiro atoms. The molecule has 1 aliphatic rings. The first kappa shape index (κ1) is 19.2. The normalized spacial score (nSPS) is 13.4. The summed E-state index contributed by atoms with van der Waals surface area (Å²) in [6.45, 7) is 1.55. The number of hydrogen-bond acceptors (Lipinski definition) is 7. The van der Waals surface area contributed by atoms with E-state index in [-0.39, 0.29) is 36.9 Å². The Labute approximate surface area is 160 Å². The maximum atomic E-state index is 12.3. The van der Waals surface area contributed by atoms with Gasteiger partial charge < -0.3 is 19.2 Å². The van der Waals surface area contributed by atoms with E-state index >= 15 is 0 Å². The average Bonchev–Trinajstić information content (AvgIpc) is 3.22. The molecule has 3 rings (SSSR count). The number of aryl methyl sites for hydroxylation is 1. The Morgan fingerprint density at radius 2 is 2.00 bits per heavy atom. The molecular formula is C19H18N2O7. The summed E-state index contributed by atoms with van der Waals surface area (Å²) in [6, 6.07) is 7.57. The van der Waals surface area contributed by atoms with Crippen molar-refractivity contribution in [2.24, 2.45) is 0 Å². The first-order chi connectivity index (χ1) is 13.4. The summed E-state index contributed by atoms with van der Waals surface area (Å²) in [5.74, 6) is -1.17. The van der Waals surface area contributed by atoms with Crippen molar-refractivity contribution < 1.29 is 33.1 Å². The molecule has 0 atom stereocenters. The van der Waals surface area contributed by atoms with Crippen molar-refractivity contribution in [3.05, 3.63) is 58.5 Å². The highest BCUT2D eigenvalue weighted by Crippen LogP contribution is 2.18. The largest absolute Gasteiger partial charge is 0.463 e. The minimum Gasteiger partial charge on any atom is -0.463 e. The average molecular weight is 386 g/mol. The Hall–Kier alpha value is -3.62. The first-order valence-corrected chi connectivity index (χ1v) is 8.41. The van der Waals surface area contributed by atoms with E-state index in [4.69, 9.17) is 9.15 Å². The van der Waals surface area contributed by atoms with Crippen molar-refractivity contribution in [2.75, 3.05) is 13.7 Å². The van der Waals surface area contributed by atoms with E-state index in [1.807, 2.05) is 0 Å². The minimum absolute atomic E-state index is 0.0311. The molecule has 28 heavy (non-hydrogen) atoms. The fourth-order valence-electron chi connectivity index (χ4n) is 2.73. The van der Waals surface area contributed by atoms with Crippen LogP contribution in [0.4, 0.5) is 4.79 Å². The predicted octanol–water partition coefficient (Wildman–Crippen LogP) is 1.78. The van der Waals surface area contributed by atoms with Gasteiger partial charge in [-0.05, 0) is 30.7 Å². The van der Waals surface area contributed by atoms with Crippen molar-refractivity contribution in [1.29, 1.82) is 0 Å². The molecular weight excluding hydrogens is 368 g/mol. The number of methoxy groups -OCH3 is 1.